The average molecular weight is 215 g/mol. The maximum atomic E-state index is 11.2. The molecule has 0 aliphatic heterocycles. The molecule has 0 bridgehead atoms. The summed E-state index contributed by atoms with van der Waals surface area (Å²) in [4.78, 5) is 21.6. The van der Waals surface area contributed by atoms with E-state index in [0.29, 0.717) is 19.4 Å². The van der Waals surface area contributed by atoms with E-state index in [1.54, 1.807) is 6.92 Å². The summed E-state index contributed by atoms with van der Waals surface area (Å²) in [6.07, 6.45) is 3.85. The Morgan fingerprint density at radius 2 is 2.00 bits per heavy atom. The largest absolute Gasteiger partial charge is 0.481 e. The standard InChI is InChI=1S/C11H21NO3/c1-3-4-7-10(13)12-8-5-6-9(2)11(14)15/h9H,3-8H2,1-2H3,(H,12,13)(H,14,15). The van der Waals surface area contributed by atoms with Gasteiger partial charge in [-0.15, -0.1) is 0 Å². The Bertz CT molecular complexity index is 204. The number of hydrogen-bond donors (Lipinski definition) is 2. The highest BCUT2D eigenvalue weighted by Crippen LogP contribution is 2.04. The normalized spacial score (nSPS) is 12.1. The first-order chi connectivity index (χ1) is 7.07. The van der Waals surface area contributed by atoms with E-state index in [4.69, 9.17) is 5.11 Å². The first kappa shape index (κ1) is 13.9. The van der Waals surface area contributed by atoms with E-state index in [-0.39, 0.29) is 11.8 Å². The van der Waals surface area contributed by atoms with Crippen LogP contribution in [0.15, 0.2) is 0 Å². The van der Waals surface area contributed by atoms with Crippen molar-refractivity contribution in [2.75, 3.05) is 6.54 Å². The van der Waals surface area contributed by atoms with Gasteiger partial charge in [-0.3, -0.25) is 9.59 Å². The Hall–Kier alpha value is -1.06. The monoisotopic (exact) mass is 215 g/mol. The summed E-state index contributed by atoms with van der Waals surface area (Å²) in [6, 6.07) is 0. The van der Waals surface area contributed by atoms with Gasteiger partial charge in [0.25, 0.3) is 0 Å². The lowest BCUT2D eigenvalue weighted by Crippen LogP contribution is -2.24. The minimum atomic E-state index is -0.771. The Morgan fingerprint density at radius 3 is 2.53 bits per heavy atom. The minimum absolute atomic E-state index is 0.0693. The minimum Gasteiger partial charge on any atom is -0.481 e. The second kappa shape index (κ2) is 8.26. The van der Waals surface area contributed by atoms with Crippen LogP contribution in [0.5, 0.6) is 0 Å². The summed E-state index contributed by atoms with van der Waals surface area (Å²) < 4.78 is 0. The molecule has 0 aliphatic rings. The summed E-state index contributed by atoms with van der Waals surface area (Å²) in [6.45, 7) is 4.31. The first-order valence-corrected chi connectivity index (χ1v) is 5.57. The van der Waals surface area contributed by atoms with E-state index < -0.39 is 5.97 Å². The summed E-state index contributed by atoms with van der Waals surface area (Å²) in [5.74, 6) is -1.02. The lowest BCUT2D eigenvalue weighted by atomic mass is 10.1. The van der Waals surface area contributed by atoms with Gasteiger partial charge in [0, 0.05) is 13.0 Å². The summed E-state index contributed by atoms with van der Waals surface area (Å²) in [5.41, 5.74) is 0. The van der Waals surface area contributed by atoms with Gasteiger partial charge in [0.2, 0.25) is 5.91 Å². The summed E-state index contributed by atoms with van der Waals surface area (Å²) >= 11 is 0. The number of carbonyl (C=O) groups is 2. The van der Waals surface area contributed by atoms with E-state index in [9.17, 15) is 9.59 Å². The quantitative estimate of drug-likeness (QED) is 0.607. The zero-order chi connectivity index (χ0) is 11.7. The molecule has 0 aromatic rings. The molecule has 0 aliphatic carbocycles. The van der Waals surface area contributed by atoms with Gasteiger partial charge in [-0.1, -0.05) is 20.3 Å². The fraction of sp³-hybridized carbons (Fsp3) is 0.818. The van der Waals surface area contributed by atoms with E-state index in [1.165, 1.54) is 0 Å². The molecular weight excluding hydrogens is 194 g/mol. The molecule has 0 spiro atoms. The van der Waals surface area contributed by atoms with Gasteiger partial charge in [0.15, 0.2) is 0 Å². The van der Waals surface area contributed by atoms with Gasteiger partial charge in [-0.05, 0) is 19.3 Å². The van der Waals surface area contributed by atoms with Crippen LogP contribution in [-0.4, -0.2) is 23.5 Å². The number of nitrogens with one attached hydrogen (secondary N) is 1. The number of rotatable bonds is 8. The van der Waals surface area contributed by atoms with E-state index in [2.05, 4.69) is 5.32 Å². The SMILES string of the molecule is CCCCC(=O)NCCCC(C)C(=O)O. The topological polar surface area (TPSA) is 66.4 Å². The van der Waals surface area contributed by atoms with Crippen molar-refractivity contribution in [2.24, 2.45) is 5.92 Å². The highest BCUT2D eigenvalue weighted by Gasteiger charge is 2.09. The van der Waals surface area contributed by atoms with Crippen molar-refractivity contribution in [2.45, 2.75) is 46.0 Å². The van der Waals surface area contributed by atoms with Crippen LogP contribution in [0.2, 0.25) is 0 Å². The molecule has 0 saturated heterocycles. The molecule has 88 valence electrons. The van der Waals surface area contributed by atoms with Crippen LogP contribution >= 0.6 is 0 Å². The van der Waals surface area contributed by atoms with Crippen molar-refractivity contribution in [1.82, 2.24) is 5.32 Å². The van der Waals surface area contributed by atoms with Crippen LogP contribution in [0.4, 0.5) is 0 Å². The number of unbranched alkanes of at least 4 members (excludes halogenated alkanes) is 1. The average Bonchev–Trinajstić information content (AvgIpc) is 2.20. The summed E-state index contributed by atoms with van der Waals surface area (Å²) in [7, 11) is 0. The molecule has 0 aromatic heterocycles. The van der Waals surface area contributed by atoms with Crippen molar-refractivity contribution in [3.05, 3.63) is 0 Å². The number of amides is 1. The third kappa shape index (κ3) is 7.97. The summed E-state index contributed by atoms with van der Waals surface area (Å²) in [5, 5.41) is 11.4. The molecule has 0 aromatic carbocycles. The van der Waals surface area contributed by atoms with Crippen molar-refractivity contribution >= 4 is 11.9 Å². The molecule has 4 nitrogen and oxygen atoms in total. The van der Waals surface area contributed by atoms with Gasteiger partial charge in [-0.25, -0.2) is 0 Å². The molecule has 1 amide bonds. The maximum absolute atomic E-state index is 11.2. The van der Waals surface area contributed by atoms with Gasteiger partial charge in [-0.2, -0.15) is 0 Å². The Morgan fingerprint density at radius 1 is 1.33 bits per heavy atom. The molecule has 0 heterocycles. The predicted molar refractivity (Wildman–Crippen MR) is 58.6 cm³/mol. The lowest BCUT2D eigenvalue weighted by Gasteiger charge is -2.07. The molecule has 0 radical (unpaired) electrons. The molecule has 1 atom stereocenters. The van der Waals surface area contributed by atoms with Crippen LogP contribution in [0.3, 0.4) is 0 Å². The van der Waals surface area contributed by atoms with Gasteiger partial charge < -0.3 is 10.4 Å². The van der Waals surface area contributed by atoms with Crippen LogP contribution < -0.4 is 5.32 Å². The number of carbonyl (C=O) groups excluding carboxylic acids is 1. The molecule has 0 rings (SSSR count). The van der Waals surface area contributed by atoms with E-state index in [1.807, 2.05) is 6.92 Å². The molecule has 2 N–H and O–H groups in total. The predicted octanol–water partition coefficient (Wildman–Crippen LogP) is 1.79. The Labute approximate surface area is 91.1 Å². The molecule has 0 fully saturated rings. The third-order valence-corrected chi connectivity index (χ3v) is 2.32. The van der Waals surface area contributed by atoms with Crippen LogP contribution in [0.1, 0.15) is 46.0 Å². The van der Waals surface area contributed by atoms with Gasteiger partial charge in [0.05, 0.1) is 5.92 Å². The zero-order valence-electron chi connectivity index (χ0n) is 9.58. The molecule has 1 unspecified atom stereocenters. The third-order valence-electron chi connectivity index (χ3n) is 2.32. The maximum Gasteiger partial charge on any atom is 0.306 e. The Kier molecular flexibility index (Phi) is 7.68. The molecule has 4 heteroatoms. The molecular formula is C11H21NO3. The number of carboxylic acid groups (broad SMARTS) is 1. The molecule has 0 saturated carbocycles. The first-order valence-electron chi connectivity index (χ1n) is 5.57. The second-order valence-corrected chi connectivity index (χ2v) is 3.84. The van der Waals surface area contributed by atoms with Gasteiger partial charge in [0.1, 0.15) is 0 Å². The van der Waals surface area contributed by atoms with Crippen molar-refractivity contribution in [3.8, 4) is 0 Å². The Balaban J connectivity index is 3.38. The van der Waals surface area contributed by atoms with Crippen LogP contribution in [0, 0.1) is 5.92 Å². The van der Waals surface area contributed by atoms with Crippen LogP contribution in [0.25, 0.3) is 0 Å². The van der Waals surface area contributed by atoms with Crippen molar-refractivity contribution in [1.29, 1.82) is 0 Å². The number of hydrogen-bond acceptors (Lipinski definition) is 2. The molecule has 15 heavy (non-hydrogen) atoms. The van der Waals surface area contributed by atoms with Crippen molar-refractivity contribution in [3.63, 3.8) is 0 Å². The second-order valence-electron chi connectivity index (χ2n) is 3.84. The highest BCUT2D eigenvalue weighted by molar-refractivity contribution is 5.75. The fourth-order valence-corrected chi connectivity index (χ4v) is 1.19. The van der Waals surface area contributed by atoms with Crippen molar-refractivity contribution < 1.29 is 14.7 Å². The lowest BCUT2D eigenvalue weighted by molar-refractivity contribution is -0.141. The van der Waals surface area contributed by atoms with E-state index in [0.717, 1.165) is 19.3 Å². The number of aliphatic carboxylic acids is 1. The fourth-order valence-electron chi connectivity index (χ4n) is 1.19. The smallest absolute Gasteiger partial charge is 0.306 e. The van der Waals surface area contributed by atoms with E-state index >= 15 is 0 Å². The number of carboxylic acids is 1. The van der Waals surface area contributed by atoms with Gasteiger partial charge >= 0.3 is 5.97 Å². The zero-order valence-corrected chi connectivity index (χ0v) is 9.58. The van der Waals surface area contributed by atoms with Crippen LogP contribution in [-0.2, 0) is 9.59 Å². The highest BCUT2D eigenvalue weighted by atomic mass is 16.4.